The molecule has 3 rings (SSSR count). The Morgan fingerprint density at radius 1 is 1.17 bits per heavy atom. The number of hydrogen-bond acceptors (Lipinski definition) is 5. The number of nitrogens with zero attached hydrogens (tertiary/aromatic N) is 3. The molecule has 30 heavy (non-hydrogen) atoms. The van der Waals surface area contributed by atoms with E-state index in [-0.39, 0.29) is 11.5 Å². The lowest BCUT2D eigenvalue weighted by Crippen LogP contribution is -2.27. The van der Waals surface area contributed by atoms with Gasteiger partial charge in [0.05, 0.1) is 35.5 Å². The molecule has 0 fully saturated rings. The predicted molar refractivity (Wildman–Crippen MR) is 125 cm³/mol. The van der Waals surface area contributed by atoms with Gasteiger partial charge in [-0.2, -0.15) is 5.10 Å². The van der Waals surface area contributed by atoms with Crippen molar-refractivity contribution in [2.45, 2.75) is 40.0 Å². The van der Waals surface area contributed by atoms with E-state index in [1.165, 1.54) is 0 Å². The summed E-state index contributed by atoms with van der Waals surface area (Å²) in [5, 5.41) is 5.54. The quantitative estimate of drug-likeness (QED) is 0.305. The maximum atomic E-state index is 6.32. The van der Waals surface area contributed by atoms with Gasteiger partial charge >= 0.3 is 0 Å². The van der Waals surface area contributed by atoms with E-state index < -0.39 is 9.04 Å². The Hall–Kier alpha value is -1.74. The summed E-state index contributed by atoms with van der Waals surface area (Å²) in [5.41, 5.74) is 1.78. The largest absolute Gasteiger partial charge is 0.490 e. The zero-order valence-electron chi connectivity index (χ0n) is 18.4. The lowest BCUT2D eigenvalue weighted by Gasteiger charge is -2.32. The van der Waals surface area contributed by atoms with Crippen molar-refractivity contribution in [2.75, 3.05) is 20.3 Å². The molecule has 2 aromatic heterocycles. The zero-order valence-corrected chi connectivity index (χ0v) is 21.0. The average molecular weight is 491 g/mol. The highest BCUT2D eigenvalue weighted by Gasteiger charge is 2.29. The van der Waals surface area contributed by atoms with Crippen molar-refractivity contribution in [3.63, 3.8) is 0 Å². The van der Waals surface area contributed by atoms with Gasteiger partial charge in [0.15, 0.2) is 5.82 Å². The van der Waals surface area contributed by atoms with Gasteiger partial charge in [-0.1, -0.05) is 42.8 Å². The summed E-state index contributed by atoms with van der Waals surface area (Å²) in [6.45, 7) is 11.8. The summed E-state index contributed by atoms with van der Waals surface area (Å²) in [7, 11) is 0.778. The molecule has 0 spiro atoms. The summed E-state index contributed by atoms with van der Waals surface area (Å²) in [6.07, 6.45) is 1.73. The number of ether oxygens (including phenoxy) is 2. The monoisotopic (exact) mass is 490 g/mol. The second-order valence-corrected chi connectivity index (χ2v) is 11.4. The summed E-state index contributed by atoms with van der Waals surface area (Å²) in [6, 6.07) is 9.98. The number of rotatable bonds is 8. The molecule has 0 N–H and O–H groups in total. The lowest BCUT2D eigenvalue weighted by molar-refractivity contribution is 0.0827. The molecular formula is C22H29BrN3O3Si. The molecule has 1 unspecified atom stereocenters. The van der Waals surface area contributed by atoms with Crippen LogP contribution in [0.4, 0.5) is 0 Å². The van der Waals surface area contributed by atoms with Crippen LogP contribution in [0.15, 0.2) is 41.0 Å². The van der Waals surface area contributed by atoms with Crippen LogP contribution in [-0.4, -0.2) is 44.1 Å². The van der Waals surface area contributed by atoms with E-state index in [0.29, 0.717) is 13.2 Å². The second-order valence-electron chi connectivity index (χ2n) is 8.43. The van der Waals surface area contributed by atoms with Gasteiger partial charge in [0.25, 0.3) is 0 Å². The van der Waals surface area contributed by atoms with Crippen molar-refractivity contribution in [1.82, 2.24) is 14.8 Å². The fourth-order valence-corrected chi connectivity index (χ4v) is 4.59. The van der Waals surface area contributed by atoms with E-state index in [4.69, 9.17) is 18.9 Å². The number of halogens is 1. The first kappa shape index (κ1) is 22.9. The number of hydrogen-bond donors (Lipinski definition) is 0. The summed E-state index contributed by atoms with van der Waals surface area (Å²) >= 11 is 3.59. The number of aromatic nitrogens is 3. The Morgan fingerprint density at radius 2 is 1.93 bits per heavy atom. The molecule has 161 valence electrons. The molecule has 1 radical (unpaired) electrons. The summed E-state index contributed by atoms with van der Waals surface area (Å²) < 4.78 is 20.1. The normalized spacial score (nSPS) is 13.2. The van der Waals surface area contributed by atoms with Crippen molar-refractivity contribution in [1.29, 1.82) is 0 Å². The Bertz CT molecular complexity index is 1000. The smallest absolute Gasteiger partial charge is 0.205 e. The zero-order chi connectivity index (χ0) is 21.9. The third kappa shape index (κ3) is 5.29. The number of benzene rings is 1. The fourth-order valence-electron chi connectivity index (χ4n) is 3.22. The van der Waals surface area contributed by atoms with Crippen molar-refractivity contribution < 1.29 is 13.9 Å². The minimum atomic E-state index is -0.880. The predicted octanol–water partition coefficient (Wildman–Crippen LogP) is 5.56. The molecule has 3 aromatic rings. The van der Waals surface area contributed by atoms with Gasteiger partial charge in [-0.15, -0.1) is 0 Å². The first-order valence-corrected chi connectivity index (χ1v) is 13.1. The van der Waals surface area contributed by atoms with Gasteiger partial charge < -0.3 is 13.9 Å². The highest BCUT2D eigenvalue weighted by molar-refractivity contribution is 9.10. The number of methoxy groups -OCH3 is 1. The van der Waals surface area contributed by atoms with Gasteiger partial charge in [-0.3, -0.25) is 0 Å². The molecule has 1 aromatic carbocycles. The molecular weight excluding hydrogens is 462 g/mol. The summed E-state index contributed by atoms with van der Waals surface area (Å²) in [5.74, 6) is 1.52. The summed E-state index contributed by atoms with van der Waals surface area (Å²) in [4.78, 5) is 4.94. The molecule has 2 heterocycles. The Balaban J connectivity index is 2.03. The van der Waals surface area contributed by atoms with E-state index >= 15 is 0 Å². The molecule has 0 saturated carbocycles. The molecule has 0 aliphatic rings. The van der Waals surface area contributed by atoms with Crippen LogP contribution in [-0.2, 0) is 9.16 Å². The van der Waals surface area contributed by atoms with Crippen LogP contribution < -0.4 is 4.74 Å². The van der Waals surface area contributed by atoms with E-state index in [1.807, 2.05) is 41.2 Å². The Morgan fingerprint density at radius 3 is 2.60 bits per heavy atom. The fraction of sp³-hybridized carbons (Fsp3) is 0.455. The van der Waals surface area contributed by atoms with Crippen LogP contribution in [0.2, 0.25) is 13.1 Å². The SMILES string of the molecule is COCCOc1cc(Br)cc2c1cnn2-c1cccc(C(O[Si](C)C)C(C)(C)C)n1. The van der Waals surface area contributed by atoms with Crippen LogP contribution >= 0.6 is 15.9 Å². The minimum absolute atomic E-state index is 0.0644. The Kier molecular flexibility index (Phi) is 7.33. The van der Waals surface area contributed by atoms with Crippen molar-refractivity contribution in [2.24, 2.45) is 5.41 Å². The molecule has 8 heteroatoms. The first-order valence-electron chi connectivity index (χ1n) is 9.94. The molecule has 0 aliphatic carbocycles. The maximum absolute atomic E-state index is 6.32. The average Bonchev–Trinajstić information content (AvgIpc) is 3.09. The van der Waals surface area contributed by atoms with Crippen LogP contribution in [0, 0.1) is 5.41 Å². The second kappa shape index (κ2) is 9.59. The highest BCUT2D eigenvalue weighted by atomic mass is 79.9. The number of pyridine rings is 1. The van der Waals surface area contributed by atoms with E-state index in [2.05, 4.69) is 54.9 Å². The molecule has 0 bridgehead atoms. The topological polar surface area (TPSA) is 58.4 Å². The molecule has 0 saturated heterocycles. The Labute approximate surface area is 188 Å². The number of fused-ring (bicyclic) bond motifs is 1. The van der Waals surface area contributed by atoms with Gasteiger partial charge in [0, 0.05) is 11.6 Å². The lowest BCUT2D eigenvalue weighted by atomic mass is 9.87. The van der Waals surface area contributed by atoms with Crippen LogP contribution in [0.25, 0.3) is 16.7 Å². The van der Waals surface area contributed by atoms with Gasteiger partial charge in [0.1, 0.15) is 12.4 Å². The molecule has 6 nitrogen and oxygen atoms in total. The van der Waals surface area contributed by atoms with Gasteiger partial charge in [0.2, 0.25) is 9.04 Å². The third-order valence-electron chi connectivity index (χ3n) is 4.54. The van der Waals surface area contributed by atoms with Crippen molar-refractivity contribution in [3.05, 3.63) is 46.7 Å². The molecule has 0 amide bonds. The maximum Gasteiger partial charge on any atom is 0.205 e. The first-order chi connectivity index (χ1) is 14.2. The van der Waals surface area contributed by atoms with Crippen molar-refractivity contribution >= 4 is 35.9 Å². The van der Waals surface area contributed by atoms with Crippen LogP contribution in [0.3, 0.4) is 0 Å². The van der Waals surface area contributed by atoms with Gasteiger partial charge in [-0.05, 0) is 42.8 Å². The third-order valence-corrected chi connectivity index (χ3v) is 5.71. The highest BCUT2D eigenvalue weighted by Crippen LogP contribution is 2.36. The van der Waals surface area contributed by atoms with Crippen LogP contribution in [0.1, 0.15) is 32.6 Å². The molecule has 1 atom stereocenters. The van der Waals surface area contributed by atoms with E-state index in [0.717, 1.165) is 32.6 Å². The van der Waals surface area contributed by atoms with E-state index in [9.17, 15) is 0 Å². The van der Waals surface area contributed by atoms with E-state index in [1.54, 1.807) is 7.11 Å². The van der Waals surface area contributed by atoms with Crippen LogP contribution in [0.5, 0.6) is 5.75 Å². The standard InChI is InChI=1S/C22H29BrN3O3Si/c1-22(2,3)21(29-30(5)6)17-8-7-9-20(25-17)26-18-12-15(23)13-19(16(18)14-24-26)28-11-10-27-4/h7-9,12-14,21H,10-11H2,1-6H3. The molecule has 0 aliphatic heterocycles. The van der Waals surface area contributed by atoms with Gasteiger partial charge in [-0.25, -0.2) is 9.67 Å². The minimum Gasteiger partial charge on any atom is -0.490 e. The van der Waals surface area contributed by atoms with Crippen molar-refractivity contribution in [3.8, 4) is 11.6 Å².